The monoisotopic (exact) mass is 295 g/mol. The SMILES string of the molecule is CC(C)[C@@H](CO)NCc1nnc(-c2cccc(Cl)c2)o1. The van der Waals surface area contributed by atoms with Gasteiger partial charge in [-0.3, -0.25) is 0 Å². The van der Waals surface area contributed by atoms with E-state index in [0.29, 0.717) is 29.3 Å². The van der Waals surface area contributed by atoms with E-state index in [-0.39, 0.29) is 12.6 Å². The quantitative estimate of drug-likeness (QED) is 0.857. The Morgan fingerprint density at radius 3 is 2.80 bits per heavy atom. The predicted molar refractivity (Wildman–Crippen MR) is 77.3 cm³/mol. The minimum Gasteiger partial charge on any atom is -0.419 e. The van der Waals surface area contributed by atoms with E-state index in [4.69, 9.17) is 16.0 Å². The molecule has 20 heavy (non-hydrogen) atoms. The summed E-state index contributed by atoms with van der Waals surface area (Å²) < 4.78 is 5.57. The zero-order chi connectivity index (χ0) is 14.5. The molecule has 0 aliphatic heterocycles. The Hall–Kier alpha value is -1.43. The second-order valence-corrected chi connectivity index (χ2v) is 5.36. The van der Waals surface area contributed by atoms with Crippen LogP contribution in [0.25, 0.3) is 11.5 Å². The van der Waals surface area contributed by atoms with E-state index in [1.807, 2.05) is 26.0 Å². The molecule has 2 aromatic rings. The van der Waals surface area contributed by atoms with Crippen LogP contribution in [0.3, 0.4) is 0 Å². The van der Waals surface area contributed by atoms with Crippen LogP contribution in [0, 0.1) is 5.92 Å². The molecule has 108 valence electrons. The van der Waals surface area contributed by atoms with Gasteiger partial charge in [0, 0.05) is 16.6 Å². The molecule has 1 aromatic carbocycles. The highest BCUT2D eigenvalue weighted by molar-refractivity contribution is 6.30. The predicted octanol–water partition coefficient (Wildman–Crippen LogP) is 2.50. The molecular weight excluding hydrogens is 278 g/mol. The fourth-order valence-corrected chi connectivity index (χ4v) is 1.98. The molecule has 0 unspecified atom stereocenters. The van der Waals surface area contributed by atoms with Crippen LogP contribution in [0.2, 0.25) is 5.02 Å². The average molecular weight is 296 g/mol. The van der Waals surface area contributed by atoms with Crippen molar-refractivity contribution in [1.29, 1.82) is 0 Å². The molecule has 5 nitrogen and oxygen atoms in total. The first kappa shape index (κ1) is 15.0. The van der Waals surface area contributed by atoms with Gasteiger partial charge in [0.1, 0.15) is 0 Å². The smallest absolute Gasteiger partial charge is 0.247 e. The molecule has 0 radical (unpaired) electrons. The van der Waals surface area contributed by atoms with E-state index in [0.717, 1.165) is 5.56 Å². The Morgan fingerprint density at radius 1 is 1.35 bits per heavy atom. The second kappa shape index (κ2) is 6.83. The lowest BCUT2D eigenvalue weighted by Crippen LogP contribution is -2.36. The van der Waals surface area contributed by atoms with E-state index >= 15 is 0 Å². The van der Waals surface area contributed by atoms with E-state index in [1.165, 1.54) is 0 Å². The van der Waals surface area contributed by atoms with Crippen LogP contribution < -0.4 is 5.32 Å². The molecule has 1 atom stereocenters. The highest BCUT2D eigenvalue weighted by Crippen LogP contribution is 2.21. The molecule has 2 rings (SSSR count). The molecule has 0 fully saturated rings. The summed E-state index contributed by atoms with van der Waals surface area (Å²) in [5.41, 5.74) is 0.791. The Balaban J connectivity index is 2.02. The van der Waals surface area contributed by atoms with Gasteiger partial charge in [-0.2, -0.15) is 0 Å². The highest BCUT2D eigenvalue weighted by Gasteiger charge is 2.14. The van der Waals surface area contributed by atoms with Gasteiger partial charge in [0.2, 0.25) is 11.8 Å². The van der Waals surface area contributed by atoms with Crippen LogP contribution in [0.5, 0.6) is 0 Å². The van der Waals surface area contributed by atoms with E-state index < -0.39 is 0 Å². The highest BCUT2D eigenvalue weighted by atomic mass is 35.5. The lowest BCUT2D eigenvalue weighted by molar-refractivity contribution is 0.207. The van der Waals surface area contributed by atoms with Gasteiger partial charge in [0.25, 0.3) is 0 Å². The lowest BCUT2D eigenvalue weighted by atomic mass is 10.1. The molecule has 0 saturated carbocycles. The number of halogens is 1. The minimum absolute atomic E-state index is 0.0107. The molecular formula is C14H18ClN3O2. The number of benzene rings is 1. The van der Waals surface area contributed by atoms with Crippen molar-refractivity contribution in [1.82, 2.24) is 15.5 Å². The van der Waals surface area contributed by atoms with Crippen molar-refractivity contribution in [2.45, 2.75) is 26.4 Å². The van der Waals surface area contributed by atoms with Crippen LogP contribution in [-0.2, 0) is 6.54 Å². The summed E-state index contributed by atoms with van der Waals surface area (Å²) in [4.78, 5) is 0. The fraction of sp³-hybridized carbons (Fsp3) is 0.429. The topological polar surface area (TPSA) is 71.2 Å². The van der Waals surface area contributed by atoms with Gasteiger partial charge in [-0.1, -0.05) is 31.5 Å². The maximum atomic E-state index is 9.24. The first-order chi connectivity index (χ1) is 9.60. The van der Waals surface area contributed by atoms with Crippen molar-refractivity contribution in [3.8, 4) is 11.5 Å². The third-order valence-electron chi connectivity index (χ3n) is 3.06. The molecule has 1 heterocycles. The van der Waals surface area contributed by atoms with Crippen molar-refractivity contribution < 1.29 is 9.52 Å². The molecule has 0 aliphatic carbocycles. The van der Waals surface area contributed by atoms with Gasteiger partial charge >= 0.3 is 0 Å². The molecule has 0 amide bonds. The summed E-state index contributed by atoms with van der Waals surface area (Å²) in [5.74, 6) is 1.25. The van der Waals surface area contributed by atoms with E-state index in [1.54, 1.807) is 12.1 Å². The molecule has 0 bridgehead atoms. The van der Waals surface area contributed by atoms with Crippen LogP contribution in [-0.4, -0.2) is 28.0 Å². The molecule has 2 N–H and O–H groups in total. The summed E-state index contributed by atoms with van der Waals surface area (Å²) >= 11 is 5.93. The van der Waals surface area contributed by atoms with Gasteiger partial charge in [0.05, 0.1) is 13.2 Å². The van der Waals surface area contributed by atoms with Crippen LogP contribution in [0.15, 0.2) is 28.7 Å². The summed E-state index contributed by atoms with van der Waals surface area (Å²) in [6.45, 7) is 4.59. The number of nitrogens with one attached hydrogen (secondary N) is 1. The molecule has 1 aromatic heterocycles. The van der Waals surface area contributed by atoms with Crippen molar-refractivity contribution in [2.75, 3.05) is 6.61 Å². The largest absolute Gasteiger partial charge is 0.419 e. The zero-order valence-electron chi connectivity index (χ0n) is 11.5. The second-order valence-electron chi connectivity index (χ2n) is 4.93. The van der Waals surface area contributed by atoms with Gasteiger partial charge in [-0.15, -0.1) is 10.2 Å². The third-order valence-corrected chi connectivity index (χ3v) is 3.29. The number of nitrogens with zero attached hydrogens (tertiary/aromatic N) is 2. The normalized spacial score (nSPS) is 12.8. The third kappa shape index (κ3) is 3.79. The minimum atomic E-state index is 0.0107. The Labute approximate surface area is 123 Å². The van der Waals surface area contributed by atoms with Crippen molar-refractivity contribution in [3.05, 3.63) is 35.2 Å². The molecule has 0 saturated heterocycles. The Bertz CT molecular complexity index is 557. The lowest BCUT2D eigenvalue weighted by Gasteiger charge is -2.18. The Kier molecular flexibility index (Phi) is 5.11. The summed E-state index contributed by atoms with van der Waals surface area (Å²) in [6.07, 6.45) is 0. The van der Waals surface area contributed by atoms with Crippen molar-refractivity contribution in [2.24, 2.45) is 5.92 Å². The van der Waals surface area contributed by atoms with Crippen LogP contribution in [0.4, 0.5) is 0 Å². The number of aliphatic hydroxyl groups is 1. The summed E-state index contributed by atoms with van der Waals surface area (Å²) in [5, 5.41) is 21.0. The molecule has 0 aliphatic rings. The maximum absolute atomic E-state index is 9.24. The van der Waals surface area contributed by atoms with Gasteiger partial charge in [-0.25, -0.2) is 0 Å². The van der Waals surface area contributed by atoms with Crippen molar-refractivity contribution >= 4 is 11.6 Å². The van der Waals surface area contributed by atoms with Crippen LogP contribution >= 0.6 is 11.6 Å². The zero-order valence-corrected chi connectivity index (χ0v) is 12.3. The standard InChI is InChI=1S/C14H18ClN3O2/c1-9(2)12(8-19)16-7-13-17-18-14(20-13)10-4-3-5-11(15)6-10/h3-6,9,12,16,19H,7-8H2,1-2H3/t12-/m1/s1. The number of hydrogen-bond donors (Lipinski definition) is 2. The number of rotatable bonds is 6. The summed E-state index contributed by atoms with van der Waals surface area (Å²) in [7, 11) is 0. The Morgan fingerprint density at radius 2 is 2.15 bits per heavy atom. The first-order valence-corrected chi connectivity index (χ1v) is 6.90. The number of aliphatic hydroxyl groups excluding tert-OH is 1. The van der Waals surface area contributed by atoms with Gasteiger partial charge in [-0.05, 0) is 24.1 Å². The van der Waals surface area contributed by atoms with E-state index in [9.17, 15) is 5.11 Å². The number of aromatic nitrogens is 2. The fourth-order valence-electron chi connectivity index (χ4n) is 1.79. The van der Waals surface area contributed by atoms with Crippen LogP contribution in [0.1, 0.15) is 19.7 Å². The van der Waals surface area contributed by atoms with Gasteiger partial charge in [0.15, 0.2) is 0 Å². The van der Waals surface area contributed by atoms with Gasteiger partial charge < -0.3 is 14.8 Å². The average Bonchev–Trinajstić information content (AvgIpc) is 2.88. The molecule has 6 heteroatoms. The van der Waals surface area contributed by atoms with Crippen molar-refractivity contribution in [3.63, 3.8) is 0 Å². The maximum Gasteiger partial charge on any atom is 0.247 e. The van der Waals surface area contributed by atoms with E-state index in [2.05, 4.69) is 15.5 Å². The first-order valence-electron chi connectivity index (χ1n) is 6.52. The summed E-state index contributed by atoms with van der Waals surface area (Å²) in [6, 6.07) is 7.27. The number of hydrogen-bond acceptors (Lipinski definition) is 5. The molecule has 0 spiro atoms.